The van der Waals surface area contributed by atoms with Gasteiger partial charge in [0.2, 0.25) is 0 Å². The monoisotopic (exact) mass is 267 g/mol. The fourth-order valence-corrected chi connectivity index (χ4v) is 1.90. The number of hydrogen-bond acceptors (Lipinski definition) is 4. The van der Waals surface area contributed by atoms with Gasteiger partial charge >= 0.3 is 0 Å². The van der Waals surface area contributed by atoms with E-state index < -0.39 is 0 Å². The number of fused-ring (bicyclic) bond motifs is 1. The molecule has 0 radical (unpaired) electrons. The Morgan fingerprint density at radius 2 is 2.35 bits per heavy atom. The number of hydrogen-bond donors (Lipinski definition) is 2. The maximum absolute atomic E-state index is 12.2. The number of carbonyl (C=O) groups excluding carboxylic acids is 1. The molecule has 2 N–H and O–H groups in total. The first kappa shape index (κ1) is 12.6. The molecule has 1 aliphatic rings. The minimum atomic E-state index is -0.255. The van der Waals surface area contributed by atoms with E-state index in [1.54, 1.807) is 24.5 Å². The van der Waals surface area contributed by atoms with E-state index in [9.17, 15) is 4.79 Å². The zero-order valence-electron chi connectivity index (χ0n) is 10.8. The number of pyridine rings is 2. The molecule has 0 aromatic carbocycles. The Morgan fingerprint density at radius 1 is 1.50 bits per heavy atom. The van der Waals surface area contributed by atoms with Gasteiger partial charge in [0.1, 0.15) is 12.3 Å². The third-order valence-corrected chi connectivity index (χ3v) is 3.04. The van der Waals surface area contributed by atoms with Gasteiger partial charge in [-0.2, -0.15) is 0 Å². The van der Waals surface area contributed by atoms with E-state index in [4.69, 9.17) is 5.11 Å². The minimum absolute atomic E-state index is 0.214. The van der Waals surface area contributed by atoms with Gasteiger partial charge in [-0.3, -0.25) is 9.78 Å². The van der Waals surface area contributed by atoms with Crippen LogP contribution in [0.2, 0.25) is 0 Å². The molecular formula is C15H13N3O2. The molecule has 2 aromatic heterocycles. The van der Waals surface area contributed by atoms with E-state index >= 15 is 0 Å². The fraction of sp³-hybridized carbons (Fsp3) is 0.267. The second-order valence-corrected chi connectivity index (χ2v) is 4.66. The van der Waals surface area contributed by atoms with Crippen molar-refractivity contribution in [1.82, 2.24) is 15.3 Å². The first-order valence-electron chi connectivity index (χ1n) is 6.43. The van der Waals surface area contributed by atoms with Crippen LogP contribution in [0, 0.1) is 11.8 Å². The Balaban J connectivity index is 2.07. The molecule has 0 saturated heterocycles. The van der Waals surface area contributed by atoms with Crippen molar-refractivity contribution < 1.29 is 9.90 Å². The Bertz CT molecular complexity index is 727. The molecule has 1 amide bonds. The summed E-state index contributed by atoms with van der Waals surface area (Å²) in [5.41, 5.74) is 1.52. The quantitative estimate of drug-likeness (QED) is 0.792. The molecule has 2 heterocycles. The average Bonchev–Trinajstić information content (AvgIpc) is 3.28. The van der Waals surface area contributed by atoms with E-state index in [0.717, 1.165) is 18.2 Å². The molecule has 0 spiro atoms. The number of aromatic nitrogens is 2. The van der Waals surface area contributed by atoms with Gasteiger partial charge in [-0.25, -0.2) is 4.98 Å². The molecule has 20 heavy (non-hydrogen) atoms. The molecule has 0 bridgehead atoms. The van der Waals surface area contributed by atoms with Crippen LogP contribution in [0.15, 0.2) is 24.5 Å². The van der Waals surface area contributed by atoms with Crippen LogP contribution >= 0.6 is 0 Å². The highest BCUT2D eigenvalue weighted by atomic mass is 16.2. The normalized spacial score (nSPS) is 13.7. The van der Waals surface area contributed by atoms with Gasteiger partial charge in [-0.15, -0.1) is 0 Å². The van der Waals surface area contributed by atoms with E-state index in [-0.39, 0.29) is 18.6 Å². The summed E-state index contributed by atoms with van der Waals surface area (Å²) in [5.74, 6) is 5.12. The molecule has 0 aliphatic heterocycles. The number of rotatable bonds is 2. The summed E-state index contributed by atoms with van der Waals surface area (Å²) >= 11 is 0. The van der Waals surface area contributed by atoms with E-state index in [2.05, 4.69) is 27.1 Å². The number of nitrogens with zero attached hydrogens (tertiary/aromatic N) is 2. The van der Waals surface area contributed by atoms with Gasteiger partial charge in [0, 0.05) is 23.8 Å². The second-order valence-electron chi connectivity index (χ2n) is 4.66. The van der Waals surface area contributed by atoms with Gasteiger partial charge in [-0.1, -0.05) is 11.8 Å². The van der Waals surface area contributed by atoms with E-state index in [1.165, 1.54) is 0 Å². The molecule has 1 saturated carbocycles. The molecule has 3 rings (SSSR count). The van der Waals surface area contributed by atoms with Crippen molar-refractivity contribution in [3.05, 3.63) is 35.8 Å². The minimum Gasteiger partial charge on any atom is -0.384 e. The molecule has 100 valence electrons. The Kier molecular flexibility index (Phi) is 3.32. The van der Waals surface area contributed by atoms with Gasteiger partial charge in [-0.05, 0) is 25.0 Å². The topological polar surface area (TPSA) is 75.1 Å². The highest BCUT2D eigenvalue weighted by molar-refractivity contribution is 5.97. The smallest absolute Gasteiger partial charge is 0.271 e. The van der Waals surface area contributed by atoms with Crippen LogP contribution < -0.4 is 5.32 Å². The third kappa shape index (κ3) is 2.60. The van der Waals surface area contributed by atoms with Crippen LogP contribution in [0.3, 0.4) is 0 Å². The standard InChI is InChI=1S/C15H13N3O2/c19-7-1-2-10-8-11-9-16-6-5-13(11)18-14(10)15(20)17-12-3-4-12/h5-6,8-9,12,19H,3-4,7H2,(H,17,20). The summed E-state index contributed by atoms with van der Waals surface area (Å²) in [5, 5.41) is 12.5. The molecule has 5 heteroatoms. The van der Waals surface area contributed by atoms with Crippen LogP contribution in [0.25, 0.3) is 10.9 Å². The summed E-state index contributed by atoms with van der Waals surface area (Å²) in [7, 11) is 0. The molecule has 0 unspecified atom stereocenters. The first-order valence-corrected chi connectivity index (χ1v) is 6.43. The second kappa shape index (κ2) is 5.27. The first-order chi connectivity index (χ1) is 9.78. The fourth-order valence-electron chi connectivity index (χ4n) is 1.90. The number of carbonyl (C=O) groups is 1. The Morgan fingerprint density at radius 3 is 3.10 bits per heavy atom. The summed E-state index contributed by atoms with van der Waals surface area (Å²) in [6.07, 6.45) is 5.34. The van der Waals surface area contributed by atoms with Crippen molar-refractivity contribution in [2.75, 3.05) is 6.61 Å². The number of aliphatic hydroxyl groups excluding tert-OH is 1. The maximum atomic E-state index is 12.2. The summed E-state index contributed by atoms with van der Waals surface area (Å²) in [6.45, 7) is -0.255. The zero-order valence-corrected chi connectivity index (χ0v) is 10.8. The Hall–Kier alpha value is -2.45. The highest BCUT2D eigenvalue weighted by Crippen LogP contribution is 2.20. The lowest BCUT2D eigenvalue weighted by molar-refractivity contribution is 0.0946. The molecule has 1 aliphatic carbocycles. The predicted molar refractivity (Wildman–Crippen MR) is 74.0 cm³/mol. The van der Waals surface area contributed by atoms with Crippen LogP contribution in [0.5, 0.6) is 0 Å². The van der Waals surface area contributed by atoms with Gasteiger partial charge < -0.3 is 10.4 Å². The van der Waals surface area contributed by atoms with E-state index in [1.807, 2.05) is 0 Å². The number of nitrogens with one attached hydrogen (secondary N) is 1. The summed E-state index contributed by atoms with van der Waals surface area (Å²) in [6, 6.07) is 3.79. The lowest BCUT2D eigenvalue weighted by Gasteiger charge is -2.06. The largest absolute Gasteiger partial charge is 0.384 e. The van der Waals surface area contributed by atoms with Gasteiger partial charge in [0.15, 0.2) is 0 Å². The summed E-state index contributed by atoms with van der Waals surface area (Å²) in [4.78, 5) is 20.6. The van der Waals surface area contributed by atoms with Gasteiger partial charge in [0.05, 0.1) is 11.1 Å². The van der Waals surface area contributed by atoms with Crippen molar-refractivity contribution in [3.8, 4) is 11.8 Å². The van der Waals surface area contributed by atoms with Crippen molar-refractivity contribution >= 4 is 16.8 Å². The van der Waals surface area contributed by atoms with E-state index in [0.29, 0.717) is 16.8 Å². The lowest BCUT2D eigenvalue weighted by atomic mass is 10.1. The van der Waals surface area contributed by atoms with Crippen molar-refractivity contribution in [2.24, 2.45) is 0 Å². The molecule has 2 aromatic rings. The highest BCUT2D eigenvalue weighted by Gasteiger charge is 2.25. The molecule has 5 nitrogen and oxygen atoms in total. The zero-order chi connectivity index (χ0) is 13.9. The molecular weight excluding hydrogens is 254 g/mol. The summed E-state index contributed by atoms with van der Waals surface area (Å²) < 4.78 is 0. The van der Waals surface area contributed by atoms with Crippen molar-refractivity contribution in [3.63, 3.8) is 0 Å². The van der Waals surface area contributed by atoms with Gasteiger partial charge in [0.25, 0.3) is 5.91 Å². The molecule has 1 fully saturated rings. The SMILES string of the molecule is O=C(NC1CC1)c1nc2ccncc2cc1C#CCO. The predicted octanol–water partition coefficient (Wildman–Crippen LogP) is 0.866. The van der Waals surface area contributed by atoms with Crippen LogP contribution in [-0.2, 0) is 0 Å². The third-order valence-electron chi connectivity index (χ3n) is 3.04. The Labute approximate surface area is 116 Å². The maximum Gasteiger partial charge on any atom is 0.271 e. The lowest BCUT2D eigenvalue weighted by Crippen LogP contribution is -2.27. The van der Waals surface area contributed by atoms with Crippen LogP contribution in [0.4, 0.5) is 0 Å². The van der Waals surface area contributed by atoms with Crippen LogP contribution in [0.1, 0.15) is 28.9 Å². The van der Waals surface area contributed by atoms with Crippen molar-refractivity contribution in [2.45, 2.75) is 18.9 Å². The van der Waals surface area contributed by atoms with Crippen LogP contribution in [-0.4, -0.2) is 33.6 Å². The van der Waals surface area contributed by atoms with Crippen molar-refractivity contribution in [1.29, 1.82) is 0 Å². The number of aliphatic hydroxyl groups is 1. The number of amides is 1. The average molecular weight is 267 g/mol. The molecule has 0 atom stereocenters.